The summed E-state index contributed by atoms with van der Waals surface area (Å²) < 4.78 is 36.9. The van der Waals surface area contributed by atoms with Crippen molar-refractivity contribution in [3.63, 3.8) is 0 Å². The van der Waals surface area contributed by atoms with Gasteiger partial charge in [0.25, 0.3) is 0 Å². The van der Waals surface area contributed by atoms with Crippen molar-refractivity contribution in [2.24, 2.45) is 0 Å². The molecule has 2 rings (SSSR count). The molecule has 1 unspecified atom stereocenters. The number of halogens is 3. The highest BCUT2D eigenvalue weighted by molar-refractivity contribution is 8.00. The fraction of sp³-hybridized carbons (Fsp3) is 0.600. The molecular formula is C15H21F3N2S. The highest BCUT2D eigenvalue weighted by Gasteiger charge is 2.29. The predicted molar refractivity (Wildman–Crippen MR) is 80.3 cm³/mol. The Morgan fingerprint density at radius 2 is 2.00 bits per heavy atom. The fourth-order valence-corrected chi connectivity index (χ4v) is 3.20. The molecule has 0 spiro atoms. The molecule has 1 heterocycles. The van der Waals surface area contributed by atoms with E-state index in [1.807, 2.05) is 0 Å². The van der Waals surface area contributed by atoms with E-state index in [0.29, 0.717) is 6.04 Å². The Morgan fingerprint density at radius 1 is 1.29 bits per heavy atom. The first-order valence-corrected chi connectivity index (χ1v) is 8.09. The molecule has 1 atom stereocenters. The van der Waals surface area contributed by atoms with Crippen molar-refractivity contribution in [1.29, 1.82) is 0 Å². The summed E-state index contributed by atoms with van der Waals surface area (Å²) in [4.78, 5) is 2.67. The molecule has 0 bridgehead atoms. The van der Waals surface area contributed by atoms with E-state index in [1.165, 1.54) is 0 Å². The van der Waals surface area contributed by atoms with Gasteiger partial charge < -0.3 is 5.32 Å². The number of nitrogens with one attached hydrogen (secondary N) is 1. The van der Waals surface area contributed by atoms with Crippen LogP contribution in [-0.2, 0) is 6.54 Å². The Bertz CT molecular complexity index is 428. The normalized spacial score (nSPS) is 19.4. The molecule has 6 heteroatoms. The van der Waals surface area contributed by atoms with Gasteiger partial charge in [-0.05, 0) is 55.4 Å². The van der Waals surface area contributed by atoms with Crippen LogP contribution in [0.2, 0.25) is 0 Å². The zero-order chi connectivity index (χ0) is 15.3. The Labute approximate surface area is 128 Å². The summed E-state index contributed by atoms with van der Waals surface area (Å²) in [5.74, 6) is 0. The topological polar surface area (TPSA) is 15.3 Å². The molecule has 0 saturated carbocycles. The van der Waals surface area contributed by atoms with Gasteiger partial charge in [0.05, 0.1) is 0 Å². The molecule has 1 fully saturated rings. The second kappa shape index (κ2) is 7.51. The van der Waals surface area contributed by atoms with Crippen molar-refractivity contribution in [2.45, 2.75) is 42.8 Å². The SMILES string of the molecule is CCCN(Cc1ccc(SC(F)(F)F)cc1)C1CCNC1. The third-order valence-electron chi connectivity index (χ3n) is 3.60. The quantitative estimate of drug-likeness (QED) is 0.802. The number of nitrogens with zero attached hydrogens (tertiary/aromatic N) is 1. The van der Waals surface area contributed by atoms with Gasteiger partial charge in [-0.2, -0.15) is 13.2 Å². The lowest BCUT2D eigenvalue weighted by Crippen LogP contribution is -2.36. The van der Waals surface area contributed by atoms with Gasteiger partial charge in [-0.25, -0.2) is 0 Å². The van der Waals surface area contributed by atoms with E-state index < -0.39 is 5.51 Å². The number of rotatable bonds is 6. The summed E-state index contributed by atoms with van der Waals surface area (Å²) in [7, 11) is 0. The first-order valence-electron chi connectivity index (χ1n) is 7.27. The van der Waals surface area contributed by atoms with Crippen LogP contribution in [-0.4, -0.2) is 36.1 Å². The molecule has 2 nitrogen and oxygen atoms in total. The molecule has 21 heavy (non-hydrogen) atoms. The Kier molecular flexibility index (Phi) is 5.96. The van der Waals surface area contributed by atoms with Crippen molar-refractivity contribution in [2.75, 3.05) is 19.6 Å². The Hall–Kier alpha value is -0.720. The maximum atomic E-state index is 12.3. The molecule has 1 aliphatic heterocycles. The molecule has 0 aliphatic carbocycles. The summed E-state index contributed by atoms with van der Waals surface area (Å²) in [5, 5.41) is 3.36. The van der Waals surface area contributed by atoms with Crippen molar-refractivity contribution >= 4 is 11.8 Å². The van der Waals surface area contributed by atoms with E-state index in [1.54, 1.807) is 24.3 Å². The third kappa shape index (κ3) is 5.52. The highest BCUT2D eigenvalue weighted by Crippen LogP contribution is 2.36. The summed E-state index contributed by atoms with van der Waals surface area (Å²) >= 11 is -0.0597. The van der Waals surface area contributed by atoms with Crippen LogP contribution < -0.4 is 5.32 Å². The number of thioether (sulfide) groups is 1. The number of benzene rings is 1. The van der Waals surface area contributed by atoms with Gasteiger partial charge >= 0.3 is 5.51 Å². The van der Waals surface area contributed by atoms with Crippen LogP contribution in [0.4, 0.5) is 13.2 Å². The summed E-state index contributed by atoms with van der Waals surface area (Å²) in [6.45, 7) is 6.02. The molecule has 1 saturated heterocycles. The highest BCUT2D eigenvalue weighted by atomic mass is 32.2. The van der Waals surface area contributed by atoms with Gasteiger partial charge in [-0.1, -0.05) is 19.1 Å². The first-order chi connectivity index (χ1) is 9.98. The van der Waals surface area contributed by atoms with Crippen molar-refractivity contribution in [3.05, 3.63) is 29.8 Å². The molecule has 0 aromatic heterocycles. The maximum Gasteiger partial charge on any atom is 0.446 e. The van der Waals surface area contributed by atoms with Crippen molar-refractivity contribution in [3.8, 4) is 0 Å². The molecule has 0 amide bonds. The number of alkyl halides is 3. The molecule has 0 radical (unpaired) electrons. The van der Waals surface area contributed by atoms with E-state index in [-0.39, 0.29) is 16.7 Å². The Balaban J connectivity index is 1.96. The van der Waals surface area contributed by atoms with Crippen LogP contribution in [0.3, 0.4) is 0 Å². The van der Waals surface area contributed by atoms with Gasteiger partial charge in [-0.3, -0.25) is 4.90 Å². The predicted octanol–water partition coefficient (Wildman–Crippen LogP) is 3.87. The largest absolute Gasteiger partial charge is 0.446 e. The fourth-order valence-electron chi connectivity index (χ4n) is 2.66. The molecule has 118 valence electrons. The minimum absolute atomic E-state index is 0.0597. The molecule has 1 aliphatic rings. The average Bonchev–Trinajstić information content (AvgIpc) is 2.92. The summed E-state index contributed by atoms with van der Waals surface area (Å²) in [6.07, 6.45) is 2.22. The Morgan fingerprint density at radius 3 is 2.52 bits per heavy atom. The lowest BCUT2D eigenvalue weighted by atomic mass is 10.1. The zero-order valence-electron chi connectivity index (χ0n) is 12.1. The average molecular weight is 318 g/mol. The lowest BCUT2D eigenvalue weighted by Gasteiger charge is -2.28. The molecule has 1 aromatic carbocycles. The minimum atomic E-state index is -4.22. The third-order valence-corrected chi connectivity index (χ3v) is 4.34. The van der Waals surface area contributed by atoms with E-state index in [9.17, 15) is 13.2 Å². The van der Waals surface area contributed by atoms with E-state index in [0.717, 1.165) is 44.6 Å². The van der Waals surface area contributed by atoms with Crippen LogP contribution in [0.15, 0.2) is 29.2 Å². The van der Waals surface area contributed by atoms with Crippen LogP contribution in [0, 0.1) is 0 Å². The van der Waals surface area contributed by atoms with Crippen LogP contribution in [0.5, 0.6) is 0 Å². The lowest BCUT2D eigenvalue weighted by molar-refractivity contribution is -0.0328. The van der Waals surface area contributed by atoms with Gasteiger partial charge in [0.2, 0.25) is 0 Å². The van der Waals surface area contributed by atoms with Crippen LogP contribution in [0.25, 0.3) is 0 Å². The van der Waals surface area contributed by atoms with Crippen molar-refractivity contribution < 1.29 is 13.2 Å². The second-order valence-corrected chi connectivity index (χ2v) is 6.45. The van der Waals surface area contributed by atoms with Gasteiger partial charge in [0, 0.05) is 24.0 Å². The maximum absolute atomic E-state index is 12.3. The van der Waals surface area contributed by atoms with Crippen LogP contribution >= 0.6 is 11.8 Å². The van der Waals surface area contributed by atoms with Gasteiger partial charge in [-0.15, -0.1) is 0 Å². The van der Waals surface area contributed by atoms with Crippen molar-refractivity contribution in [1.82, 2.24) is 10.2 Å². The zero-order valence-corrected chi connectivity index (χ0v) is 12.9. The smallest absolute Gasteiger partial charge is 0.315 e. The standard InChI is InChI=1S/C15H21F3N2S/c1-2-9-20(13-7-8-19-10-13)11-12-3-5-14(6-4-12)21-15(16,17)18/h3-6,13,19H,2,7-11H2,1H3. The number of hydrogen-bond donors (Lipinski definition) is 1. The van der Waals surface area contributed by atoms with E-state index in [2.05, 4.69) is 17.1 Å². The minimum Gasteiger partial charge on any atom is -0.315 e. The van der Waals surface area contributed by atoms with Gasteiger partial charge in [0.15, 0.2) is 0 Å². The second-order valence-electron chi connectivity index (χ2n) is 5.31. The van der Waals surface area contributed by atoms with E-state index in [4.69, 9.17) is 0 Å². The number of hydrogen-bond acceptors (Lipinski definition) is 3. The monoisotopic (exact) mass is 318 g/mol. The molecule has 1 N–H and O–H groups in total. The molecular weight excluding hydrogens is 297 g/mol. The van der Waals surface area contributed by atoms with Gasteiger partial charge in [0.1, 0.15) is 0 Å². The summed E-state index contributed by atoms with van der Waals surface area (Å²) in [6, 6.07) is 7.27. The molecule has 1 aromatic rings. The summed E-state index contributed by atoms with van der Waals surface area (Å²) in [5.41, 5.74) is -3.15. The van der Waals surface area contributed by atoms with Crippen LogP contribution in [0.1, 0.15) is 25.3 Å². The first kappa shape index (κ1) is 16.6. The van der Waals surface area contributed by atoms with E-state index >= 15 is 0 Å².